The molecular weight excluding hydrogens is 346 g/mol. The van der Waals surface area contributed by atoms with Crippen molar-refractivity contribution in [2.75, 3.05) is 5.32 Å². The van der Waals surface area contributed by atoms with Crippen LogP contribution in [-0.4, -0.2) is 11.7 Å². The van der Waals surface area contributed by atoms with Crippen LogP contribution in [0.25, 0.3) is 0 Å². The van der Waals surface area contributed by atoms with Gasteiger partial charge in [0, 0.05) is 17.0 Å². The first-order valence-corrected chi connectivity index (χ1v) is 11.1. The Balaban J connectivity index is 0.000000568. The Morgan fingerprint density at radius 1 is 1.04 bits per heavy atom. The van der Waals surface area contributed by atoms with Crippen LogP contribution in [0, 0.1) is 24.2 Å². The smallest absolute Gasteiger partial charge is 0.230 e. The molecule has 1 saturated carbocycles. The Morgan fingerprint density at radius 2 is 1.57 bits per heavy atom. The third-order valence-electron chi connectivity index (χ3n) is 6.33. The number of nitrogens with one attached hydrogen (secondary N) is 1. The van der Waals surface area contributed by atoms with Crippen LogP contribution in [0.1, 0.15) is 91.5 Å². The first kappa shape index (κ1) is 24.4. The molecule has 0 bridgehead atoms. The van der Waals surface area contributed by atoms with E-state index < -0.39 is 0 Å². The first-order chi connectivity index (χ1) is 13.3. The summed E-state index contributed by atoms with van der Waals surface area (Å²) in [6.45, 7) is 12.0. The minimum Gasteiger partial charge on any atom is -0.325 e. The maximum atomic E-state index is 13.1. The van der Waals surface area contributed by atoms with Crippen molar-refractivity contribution in [2.45, 2.75) is 92.9 Å². The second-order valence-corrected chi connectivity index (χ2v) is 8.76. The highest BCUT2D eigenvalue weighted by Crippen LogP contribution is 2.43. The van der Waals surface area contributed by atoms with Crippen LogP contribution in [-0.2, 0) is 9.59 Å². The maximum Gasteiger partial charge on any atom is 0.230 e. The first-order valence-electron chi connectivity index (χ1n) is 11.1. The Hall–Kier alpha value is -1.64. The van der Waals surface area contributed by atoms with Crippen LogP contribution >= 0.6 is 0 Å². The maximum absolute atomic E-state index is 13.1. The molecule has 0 spiro atoms. The number of carbonyl (C=O) groups is 2. The van der Waals surface area contributed by atoms with Gasteiger partial charge in [-0.1, -0.05) is 78.0 Å². The van der Waals surface area contributed by atoms with Gasteiger partial charge in [-0.05, 0) is 50.7 Å². The average molecular weight is 388 g/mol. The summed E-state index contributed by atoms with van der Waals surface area (Å²) in [6, 6.07) is 8.09. The number of carbonyl (C=O) groups excluding carboxylic acids is 2. The lowest BCUT2D eigenvalue weighted by Crippen LogP contribution is -2.39. The summed E-state index contributed by atoms with van der Waals surface area (Å²) in [5, 5.41) is 3.24. The highest BCUT2D eigenvalue weighted by Gasteiger charge is 2.40. The van der Waals surface area contributed by atoms with Gasteiger partial charge < -0.3 is 5.32 Å². The van der Waals surface area contributed by atoms with Crippen molar-refractivity contribution >= 4 is 17.4 Å². The molecule has 1 N–H and O–H groups in total. The summed E-state index contributed by atoms with van der Waals surface area (Å²) in [5.74, 6) is 1.40. The van der Waals surface area contributed by atoms with Crippen LogP contribution in [0.5, 0.6) is 0 Å². The van der Waals surface area contributed by atoms with Gasteiger partial charge in [0.05, 0.1) is 0 Å². The van der Waals surface area contributed by atoms with E-state index in [-0.39, 0.29) is 23.0 Å². The molecule has 0 unspecified atom stereocenters. The van der Waals surface area contributed by atoms with Gasteiger partial charge in [-0.3, -0.25) is 9.59 Å². The van der Waals surface area contributed by atoms with E-state index in [2.05, 4.69) is 32.2 Å². The summed E-state index contributed by atoms with van der Waals surface area (Å²) < 4.78 is 0. The van der Waals surface area contributed by atoms with Crippen LogP contribution in [0.2, 0.25) is 0 Å². The Morgan fingerprint density at radius 3 is 2.04 bits per heavy atom. The van der Waals surface area contributed by atoms with Crippen molar-refractivity contribution in [2.24, 2.45) is 17.3 Å². The van der Waals surface area contributed by atoms with Gasteiger partial charge >= 0.3 is 0 Å². The zero-order chi connectivity index (χ0) is 21.2. The van der Waals surface area contributed by atoms with Crippen molar-refractivity contribution in [3.05, 3.63) is 29.8 Å². The van der Waals surface area contributed by atoms with Gasteiger partial charge in [0.15, 0.2) is 0 Å². The van der Waals surface area contributed by atoms with Crippen LogP contribution < -0.4 is 5.32 Å². The third kappa shape index (κ3) is 7.41. The number of Topliss-reactive ketones (excluding diaryl/α,β-unsaturated/α-hetero) is 1. The highest BCUT2D eigenvalue weighted by molar-refractivity contribution is 5.96. The van der Waals surface area contributed by atoms with Gasteiger partial charge in [-0.25, -0.2) is 0 Å². The molecule has 1 amide bonds. The molecule has 0 heterocycles. The van der Waals surface area contributed by atoms with Crippen molar-refractivity contribution in [3.8, 4) is 0 Å². The minimum atomic E-state index is -0.142. The van der Waals surface area contributed by atoms with Gasteiger partial charge in [-0.2, -0.15) is 0 Å². The number of hydrogen-bond donors (Lipinski definition) is 1. The number of para-hydroxylation sites is 1. The Kier molecular flexibility index (Phi) is 10.5. The number of benzene rings is 1. The van der Waals surface area contributed by atoms with E-state index >= 15 is 0 Å². The number of rotatable bonds is 7. The largest absolute Gasteiger partial charge is 0.325 e. The fourth-order valence-corrected chi connectivity index (χ4v) is 3.85. The molecule has 3 nitrogen and oxygen atoms in total. The zero-order valence-electron chi connectivity index (χ0n) is 18.9. The molecule has 2 rings (SSSR count). The normalized spacial score (nSPS) is 15.7. The summed E-state index contributed by atoms with van der Waals surface area (Å²) in [4.78, 5) is 23.2. The second kappa shape index (κ2) is 12.0. The monoisotopic (exact) mass is 387 g/mol. The minimum absolute atomic E-state index is 0.142. The molecule has 0 radical (unpaired) electrons. The molecule has 158 valence electrons. The van der Waals surface area contributed by atoms with E-state index in [0.29, 0.717) is 5.92 Å². The predicted octanol–water partition coefficient (Wildman–Crippen LogP) is 6.94. The zero-order valence-corrected chi connectivity index (χ0v) is 18.9. The predicted molar refractivity (Wildman–Crippen MR) is 120 cm³/mol. The number of hydrogen-bond acceptors (Lipinski definition) is 2. The van der Waals surface area contributed by atoms with Gasteiger partial charge in [0.1, 0.15) is 5.78 Å². The summed E-state index contributed by atoms with van der Waals surface area (Å²) >= 11 is 0. The van der Waals surface area contributed by atoms with E-state index in [1.165, 1.54) is 32.1 Å². The van der Waals surface area contributed by atoms with Crippen molar-refractivity contribution in [1.82, 2.24) is 0 Å². The molecule has 3 heteroatoms. The molecule has 1 aromatic rings. The second-order valence-electron chi connectivity index (χ2n) is 8.76. The molecule has 1 aliphatic carbocycles. The lowest BCUT2D eigenvalue weighted by Gasteiger charge is -2.38. The van der Waals surface area contributed by atoms with E-state index in [1.807, 2.05) is 32.0 Å². The van der Waals surface area contributed by atoms with Crippen molar-refractivity contribution < 1.29 is 9.59 Å². The number of amides is 1. The standard InChI is InChI=1S/C20H31NO.C5H10O/c1-4-17(5-2)15-20(13-9-6-10-14-20)19(22)21-18-12-8-7-11-16(18)3;1-4(2)5(3)6/h7-8,11-12,17H,4-6,9-10,13-15H2,1-3H3,(H,21,22);4H,1-3H3. The summed E-state index contributed by atoms with van der Waals surface area (Å²) in [7, 11) is 0. The Bertz CT molecular complexity index is 611. The van der Waals surface area contributed by atoms with E-state index in [9.17, 15) is 9.59 Å². The van der Waals surface area contributed by atoms with Gasteiger partial charge in [-0.15, -0.1) is 0 Å². The Labute approximate surface area is 172 Å². The van der Waals surface area contributed by atoms with E-state index in [0.717, 1.165) is 30.5 Å². The average Bonchev–Trinajstić information content (AvgIpc) is 2.69. The van der Waals surface area contributed by atoms with E-state index in [1.54, 1.807) is 6.92 Å². The van der Waals surface area contributed by atoms with Crippen molar-refractivity contribution in [3.63, 3.8) is 0 Å². The van der Waals surface area contributed by atoms with Crippen LogP contribution in [0.15, 0.2) is 24.3 Å². The van der Waals surface area contributed by atoms with E-state index in [4.69, 9.17) is 0 Å². The lowest BCUT2D eigenvalue weighted by atomic mass is 9.67. The van der Waals surface area contributed by atoms with Gasteiger partial charge in [0.2, 0.25) is 5.91 Å². The number of aryl methyl sites for hydroxylation is 1. The topological polar surface area (TPSA) is 46.2 Å². The molecule has 1 fully saturated rings. The van der Waals surface area contributed by atoms with Crippen molar-refractivity contribution in [1.29, 1.82) is 0 Å². The number of anilines is 1. The SMILES string of the molecule is CC(=O)C(C)C.CCC(CC)CC1(C(=O)Nc2ccccc2C)CCCCC1. The molecule has 0 aliphatic heterocycles. The van der Waals surface area contributed by atoms with Gasteiger partial charge in [0.25, 0.3) is 0 Å². The molecule has 1 aromatic carbocycles. The lowest BCUT2D eigenvalue weighted by molar-refractivity contribution is -0.128. The molecule has 28 heavy (non-hydrogen) atoms. The molecule has 0 aromatic heterocycles. The van der Waals surface area contributed by atoms with Crippen LogP contribution in [0.4, 0.5) is 5.69 Å². The third-order valence-corrected chi connectivity index (χ3v) is 6.33. The summed E-state index contributed by atoms with van der Waals surface area (Å²) in [5.41, 5.74) is 1.98. The fraction of sp³-hybridized carbons (Fsp3) is 0.680. The summed E-state index contributed by atoms with van der Waals surface area (Å²) in [6.07, 6.45) is 9.19. The van der Waals surface area contributed by atoms with Crippen LogP contribution in [0.3, 0.4) is 0 Å². The number of ketones is 1. The highest BCUT2D eigenvalue weighted by atomic mass is 16.2. The quantitative estimate of drug-likeness (QED) is 0.550. The molecule has 0 atom stereocenters. The molecule has 0 saturated heterocycles. The fourth-order valence-electron chi connectivity index (χ4n) is 3.85. The molecule has 1 aliphatic rings. The molecular formula is C25H41NO2.